The smallest absolute Gasteiger partial charge is 0.0996 e. The van der Waals surface area contributed by atoms with Gasteiger partial charge in [-0.3, -0.25) is 0 Å². The molecule has 0 aliphatic heterocycles. The van der Waals surface area contributed by atoms with Gasteiger partial charge < -0.3 is 0 Å². The molecule has 0 bridgehead atoms. The van der Waals surface area contributed by atoms with Crippen LogP contribution in [0.25, 0.3) is 0 Å². The third-order valence-electron chi connectivity index (χ3n) is 0.886. The largest absolute Gasteiger partial charge is 0.248 e. The highest BCUT2D eigenvalue weighted by Crippen LogP contribution is 1.98. The van der Waals surface area contributed by atoms with Crippen LogP contribution in [0.15, 0.2) is 0 Å². The molecular formula is C7H17F. The molecular weight excluding hydrogens is 103 g/mol. The standard InChI is InChI=1S/C5H11F.C2H6/c1-3-5(6)4-2;1-2/h5H,3-4H2,1-2H3;1-2H3. The second-order valence-electron chi connectivity index (χ2n) is 1.41. The van der Waals surface area contributed by atoms with E-state index in [9.17, 15) is 4.39 Å². The van der Waals surface area contributed by atoms with E-state index >= 15 is 0 Å². The third kappa shape index (κ3) is 9.33. The highest BCUT2D eigenvalue weighted by Gasteiger charge is 1.93. The van der Waals surface area contributed by atoms with E-state index in [1.807, 2.05) is 27.7 Å². The molecule has 0 unspecified atom stereocenters. The van der Waals surface area contributed by atoms with Crippen molar-refractivity contribution in [3.63, 3.8) is 0 Å². The Bertz CT molecular complexity index is 23.6. The normalized spacial score (nSPS) is 8.25. The fourth-order valence-electron chi connectivity index (χ4n) is 0.289. The van der Waals surface area contributed by atoms with Gasteiger partial charge in [0.25, 0.3) is 0 Å². The number of rotatable bonds is 2. The van der Waals surface area contributed by atoms with Gasteiger partial charge in [-0.1, -0.05) is 27.7 Å². The van der Waals surface area contributed by atoms with E-state index in [1.54, 1.807) is 0 Å². The number of hydrogen-bond donors (Lipinski definition) is 0. The topological polar surface area (TPSA) is 0 Å². The first-order valence-electron chi connectivity index (χ1n) is 3.45. The van der Waals surface area contributed by atoms with Gasteiger partial charge in [-0.05, 0) is 12.8 Å². The Labute approximate surface area is 52.1 Å². The van der Waals surface area contributed by atoms with E-state index in [-0.39, 0.29) is 0 Å². The Balaban J connectivity index is 0. The Morgan fingerprint density at radius 1 is 1.12 bits per heavy atom. The van der Waals surface area contributed by atoms with Gasteiger partial charge >= 0.3 is 0 Å². The maximum absolute atomic E-state index is 11.9. The predicted octanol–water partition coefficient (Wildman–Crippen LogP) is 3.17. The van der Waals surface area contributed by atoms with Crippen molar-refractivity contribution >= 4 is 0 Å². The molecule has 0 amide bonds. The maximum Gasteiger partial charge on any atom is 0.0996 e. The highest BCUT2D eigenvalue weighted by molar-refractivity contribution is 4.44. The van der Waals surface area contributed by atoms with Crippen molar-refractivity contribution in [2.45, 2.75) is 46.7 Å². The van der Waals surface area contributed by atoms with E-state index in [1.165, 1.54) is 0 Å². The van der Waals surface area contributed by atoms with E-state index in [2.05, 4.69) is 0 Å². The zero-order chi connectivity index (χ0) is 6.99. The maximum atomic E-state index is 11.9. The molecule has 0 saturated carbocycles. The molecule has 1 heteroatoms. The van der Waals surface area contributed by atoms with Crippen molar-refractivity contribution in [2.75, 3.05) is 0 Å². The average Bonchev–Trinajstić information content (AvgIpc) is 1.91. The van der Waals surface area contributed by atoms with E-state index < -0.39 is 6.17 Å². The first-order valence-corrected chi connectivity index (χ1v) is 3.45. The summed E-state index contributed by atoms with van der Waals surface area (Å²) in [5, 5.41) is 0. The van der Waals surface area contributed by atoms with E-state index in [4.69, 9.17) is 0 Å². The molecule has 0 fully saturated rings. The number of alkyl halides is 1. The van der Waals surface area contributed by atoms with Crippen LogP contribution in [0, 0.1) is 0 Å². The first kappa shape index (κ1) is 10.8. The van der Waals surface area contributed by atoms with Crippen molar-refractivity contribution in [2.24, 2.45) is 0 Å². The first-order chi connectivity index (χ1) is 3.81. The molecule has 0 aromatic rings. The van der Waals surface area contributed by atoms with Crippen LogP contribution in [0.2, 0.25) is 0 Å². The van der Waals surface area contributed by atoms with Gasteiger partial charge in [0.05, 0.1) is 6.17 Å². The fourth-order valence-corrected chi connectivity index (χ4v) is 0.289. The molecule has 0 aliphatic rings. The van der Waals surface area contributed by atoms with Crippen LogP contribution in [0.3, 0.4) is 0 Å². The van der Waals surface area contributed by atoms with Gasteiger partial charge in [0, 0.05) is 0 Å². The molecule has 0 atom stereocenters. The van der Waals surface area contributed by atoms with Gasteiger partial charge in [0.1, 0.15) is 0 Å². The lowest BCUT2D eigenvalue weighted by Crippen LogP contribution is -1.91. The molecule has 0 spiro atoms. The second-order valence-corrected chi connectivity index (χ2v) is 1.41. The van der Waals surface area contributed by atoms with Crippen molar-refractivity contribution < 1.29 is 4.39 Å². The lowest BCUT2D eigenvalue weighted by Gasteiger charge is -1.94. The van der Waals surface area contributed by atoms with Crippen LogP contribution in [-0.2, 0) is 0 Å². The van der Waals surface area contributed by atoms with Gasteiger partial charge in [0.15, 0.2) is 0 Å². The molecule has 0 aromatic carbocycles. The zero-order valence-electron chi connectivity index (χ0n) is 6.37. The Hall–Kier alpha value is -0.0700. The molecule has 0 aliphatic carbocycles. The monoisotopic (exact) mass is 120 g/mol. The Morgan fingerprint density at radius 3 is 1.38 bits per heavy atom. The van der Waals surface area contributed by atoms with Gasteiger partial charge in [0.2, 0.25) is 0 Å². The van der Waals surface area contributed by atoms with Crippen LogP contribution >= 0.6 is 0 Å². The van der Waals surface area contributed by atoms with Crippen LogP contribution in [-0.4, -0.2) is 6.17 Å². The van der Waals surface area contributed by atoms with Gasteiger partial charge in [-0.15, -0.1) is 0 Å². The summed E-state index contributed by atoms with van der Waals surface area (Å²) in [6, 6.07) is 0. The van der Waals surface area contributed by atoms with Gasteiger partial charge in [-0.2, -0.15) is 0 Å². The Kier molecular flexibility index (Phi) is 13.6. The SMILES string of the molecule is CC.CCC(F)CC. The van der Waals surface area contributed by atoms with Crippen molar-refractivity contribution in [1.82, 2.24) is 0 Å². The lowest BCUT2D eigenvalue weighted by molar-refractivity contribution is 0.316. The van der Waals surface area contributed by atoms with Gasteiger partial charge in [-0.25, -0.2) is 4.39 Å². The summed E-state index contributed by atoms with van der Waals surface area (Å²) >= 11 is 0. The average molecular weight is 120 g/mol. The molecule has 0 aromatic heterocycles. The summed E-state index contributed by atoms with van der Waals surface area (Å²) in [6.07, 6.45) is 0.762. The summed E-state index contributed by atoms with van der Waals surface area (Å²) in [6.45, 7) is 7.71. The number of halogens is 1. The molecule has 0 radical (unpaired) electrons. The predicted molar refractivity (Wildman–Crippen MR) is 36.8 cm³/mol. The third-order valence-corrected chi connectivity index (χ3v) is 0.886. The minimum Gasteiger partial charge on any atom is -0.248 e. The van der Waals surface area contributed by atoms with Crippen LogP contribution < -0.4 is 0 Å². The second kappa shape index (κ2) is 10.0. The molecule has 0 saturated heterocycles. The number of hydrogen-bond acceptors (Lipinski definition) is 0. The molecule has 0 nitrogen and oxygen atoms in total. The quantitative estimate of drug-likeness (QED) is 0.525. The summed E-state index contributed by atoms with van der Waals surface area (Å²) < 4.78 is 11.9. The minimum absolute atomic E-state index is 0.565. The van der Waals surface area contributed by atoms with Crippen LogP contribution in [0.1, 0.15) is 40.5 Å². The van der Waals surface area contributed by atoms with E-state index in [0.717, 1.165) is 0 Å². The van der Waals surface area contributed by atoms with Crippen molar-refractivity contribution in [3.8, 4) is 0 Å². The summed E-state index contributed by atoms with van der Waals surface area (Å²) in [5.41, 5.74) is 0. The summed E-state index contributed by atoms with van der Waals surface area (Å²) in [7, 11) is 0. The molecule has 0 N–H and O–H groups in total. The molecule has 0 heterocycles. The molecule has 8 heavy (non-hydrogen) atoms. The van der Waals surface area contributed by atoms with Crippen LogP contribution in [0.5, 0.6) is 0 Å². The Morgan fingerprint density at radius 2 is 1.38 bits per heavy atom. The lowest BCUT2D eigenvalue weighted by atomic mass is 10.2. The molecule has 0 rings (SSSR count). The van der Waals surface area contributed by atoms with Crippen molar-refractivity contribution in [3.05, 3.63) is 0 Å². The fraction of sp³-hybridized carbons (Fsp3) is 1.00. The van der Waals surface area contributed by atoms with Crippen molar-refractivity contribution in [1.29, 1.82) is 0 Å². The minimum atomic E-state index is -0.565. The highest BCUT2D eigenvalue weighted by atomic mass is 19.1. The summed E-state index contributed by atoms with van der Waals surface area (Å²) in [4.78, 5) is 0. The molecule has 52 valence electrons. The zero-order valence-corrected chi connectivity index (χ0v) is 6.37. The van der Waals surface area contributed by atoms with E-state index in [0.29, 0.717) is 12.8 Å². The van der Waals surface area contributed by atoms with Crippen LogP contribution in [0.4, 0.5) is 4.39 Å². The summed E-state index contributed by atoms with van der Waals surface area (Å²) in [5.74, 6) is 0.